The molecule has 0 fully saturated rings. The van der Waals surface area contributed by atoms with Crippen LogP contribution in [0, 0.1) is 6.92 Å². The Morgan fingerprint density at radius 3 is 2.64 bits per heavy atom. The highest BCUT2D eigenvalue weighted by molar-refractivity contribution is 6.03. The third-order valence-electron chi connectivity index (χ3n) is 3.10. The number of carbonyl (C=O) groups is 1. The highest BCUT2D eigenvalue weighted by atomic mass is 16.4. The van der Waals surface area contributed by atoms with Gasteiger partial charge in [0.1, 0.15) is 0 Å². The van der Waals surface area contributed by atoms with Crippen molar-refractivity contribution >= 4 is 29.0 Å². The summed E-state index contributed by atoms with van der Waals surface area (Å²) >= 11 is 0. The predicted molar refractivity (Wildman–Crippen MR) is 82.5 cm³/mol. The molecule has 0 aliphatic heterocycles. The molecule has 22 heavy (non-hydrogen) atoms. The first kappa shape index (κ1) is 13.8. The van der Waals surface area contributed by atoms with Gasteiger partial charge in [0.15, 0.2) is 11.1 Å². The smallest absolute Gasteiger partial charge is 0.404 e. The van der Waals surface area contributed by atoms with Crippen LogP contribution in [0.3, 0.4) is 0 Å². The molecule has 1 amide bonds. The summed E-state index contributed by atoms with van der Waals surface area (Å²) in [5.74, 6) is -0.252. The fraction of sp³-hybridized carbons (Fsp3) is 0.0625. The molecule has 0 radical (unpaired) electrons. The summed E-state index contributed by atoms with van der Waals surface area (Å²) in [6.45, 7) is 1.96. The van der Waals surface area contributed by atoms with E-state index in [0.29, 0.717) is 16.7 Å². The fourth-order valence-electron chi connectivity index (χ4n) is 1.97. The van der Waals surface area contributed by atoms with E-state index >= 15 is 0 Å². The van der Waals surface area contributed by atoms with E-state index in [1.165, 1.54) is 0 Å². The Kier molecular flexibility index (Phi) is 3.57. The molecular weight excluding hydrogens is 280 g/mol. The summed E-state index contributed by atoms with van der Waals surface area (Å²) < 4.78 is 5.47. The number of aryl methyl sites for hydroxylation is 1. The van der Waals surface area contributed by atoms with E-state index in [1.54, 1.807) is 18.2 Å². The number of nitrogens with zero attached hydrogens (tertiary/aromatic N) is 1. The lowest BCUT2D eigenvalue weighted by atomic mass is 10.1. The van der Waals surface area contributed by atoms with Crippen molar-refractivity contribution in [2.45, 2.75) is 6.92 Å². The standard InChI is InChI=1S/C16H14N4O2/c1-10-6-8-11(9-7-10)14(21)19-15(17)20-16-18-12-4-2-3-5-13(12)22-16/h2-9H,1H3,(H3,17,18,19,20,21)/p+1. The molecule has 3 rings (SSSR count). The highest BCUT2D eigenvalue weighted by Crippen LogP contribution is 2.14. The van der Waals surface area contributed by atoms with Crippen LogP contribution in [0.4, 0.5) is 6.01 Å². The van der Waals surface area contributed by atoms with Crippen molar-refractivity contribution in [1.82, 2.24) is 10.3 Å². The van der Waals surface area contributed by atoms with Crippen LogP contribution >= 0.6 is 0 Å². The van der Waals surface area contributed by atoms with Gasteiger partial charge in [0, 0.05) is 0 Å². The molecule has 2 aromatic carbocycles. The lowest BCUT2D eigenvalue weighted by molar-refractivity contribution is -0.381. The number of hydrogen-bond donors (Lipinski definition) is 3. The molecule has 3 aromatic rings. The van der Waals surface area contributed by atoms with Crippen LogP contribution < -0.4 is 16.0 Å². The lowest BCUT2D eigenvalue weighted by Crippen LogP contribution is -2.74. The zero-order valence-corrected chi connectivity index (χ0v) is 12.0. The number of aromatic nitrogens is 1. The van der Waals surface area contributed by atoms with Gasteiger partial charge in [-0.2, -0.15) is 0 Å². The van der Waals surface area contributed by atoms with E-state index < -0.39 is 0 Å². The van der Waals surface area contributed by atoms with E-state index in [4.69, 9.17) is 10.2 Å². The number of para-hydroxylation sites is 2. The zero-order valence-electron chi connectivity index (χ0n) is 12.0. The summed E-state index contributed by atoms with van der Waals surface area (Å²) in [6.07, 6.45) is 0. The number of carbonyl (C=O) groups excluding carboxylic acids is 1. The number of nitrogens with two attached hydrogens (primary N) is 1. The molecule has 0 aliphatic rings. The van der Waals surface area contributed by atoms with Crippen molar-refractivity contribution < 1.29 is 14.2 Å². The maximum atomic E-state index is 12.0. The number of benzene rings is 2. The molecule has 1 heterocycles. The number of hydrogen-bond acceptors (Lipinski definition) is 3. The molecule has 6 nitrogen and oxygen atoms in total. The molecule has 110 valence electrons. The first-order valence-electron chi connectivity index (χ1n) is 6.75. The van der Waals surface area contributed by atoms with Crippen molar-refractivity contribution in [1.29, 1.82) is 0 Å². The quantitative estimate of drug-likeness (QED) is 0.476. The monoisotopic (exact) mass is 295 g/mol. The molecule has 0 saturated heterocycles. The summed E-state index contributed by atoms with van der Waals surface area (Å²) in [5.41, 5.74) is 8.72. The van der Waals surface area contributed by atoms with Gasteiger partial charge in [-0.1, -0.05) is 34.8 Å². The number of rotatable bonds is 2. The molecule has 0 saturated carbocycles. The minimum atomic E-state index is -0.305. The van der Waals surface area contributed by atoms with Gasteiger partial charge in [-0.15, -0.1) is 0 Å². The average Bonchev–Trinajstić information content (AvgIpc) is 2.89. The van der Waals surface area contributed by atoms with Gasteiger partial charge in [0.05, 0.1) is 5.56 Å². The topological polar surface area (TPSA) is 95.1 Å². The number of guanidine groups is 1. The summed E-state index contributed by atoms with van der Waals surface area (Å²) in [4.78, 5) is 19.0. The van der Waals surface area contributed by atoms with Crippen LogP contribution in [0.25, 0.3) is 11.1 Å². The van der Waals surface area contributed by atoms with E-state index in [2.05, 4.69) is 15.3 Å². The van der Waals surface area contributed by atoms with Crippen LogP contribution in [0.1, 0.15) is 15.9 Å². The molecule has 0 atom stereocenters. The van der Waals surface area contributed by atoms with Crippen LogP contribution in [0.5, 0.6) is 0 Å². The normalized spacial score (nSPS) is 11.6. The lowest BCUT2D eigenvalue weighted by Gasteiger charge is -2.00. The van der Waals surface area contributed by atoms with Crippen LogP contribution in [-0.4, -0.2) is 16.9 Å². The molecule has 1 aromatic heterocycles. The first-order chi connectivity index (χ1) is 10.6. The SMILES string of the molecule is Cc1ccc(C(=O)NC(N)=[NH+]c2nc3ccccc3o2)cc1. The molecule has 0 aliphatic carbocycles. The summed E-state index contributed by atoms with van der Waals surface area (Å²) in [5, 5.41) is 2.55. The van der Waals surface area contributed by atoms with E-state index in [-0.39, 0.29) is 17.9 Å². The molecule has 6 heteroatoms. The third kappa shape index (κ3) is 2.95. The van der Waals surface area contributed by atoms with Gasteiger partial charge in [-0.05, 0) is 31.2 Å². The minimum absolute atomic E-state index is 0.0529. The zero-order chi connectivity index (χ0) is 15.5. The number of nitrogens with one attached hydrogen (secondary N) is 2. The second-order valence-electron chi connectivity index (χ2n) is 4.85. The van der Waals surface area contributed by atoms with Gasteiger partial charge < -0.3 is 10.2 Å². The number of oxazole rings is 1. The van der Waals surface area contributed by atoms with Crippen molar-refractivity contribution in [3.8, 4) is 0 Å². The van der Waals surface area contributed by atoms with Crippen LogP contribution in [-0.2, 0) is 0 Å². The molecule has 0 spiro atoms. The predicted octanol–water partition coefficient (Wildman–Crippen LogP) is 0.593. The van der Waals surface area contributed by atoms with E-state index in [9.17, 15) is 4.79 Å². The Morgan fingerprint density at radius 1 is 1.18 bits per heavy atom. The summed E-state index contributed by atoms with van der Waals surface area (Å²) in [7, 11) is 0. The Hall–Kier alpha value is -3.15. The van der Waals surface area contributed by atoms with Gasteiger partial charge >= 0.3 is 12.0 Å². The number of fused-ring (bicyclic) bond motifs is 1. The summed E-state index contributed by atoms with van der Waals surface area (Å²) in [6, 6.07) is 14.8. The van der Waals surface area contributed by atoms with Crippen LogP contribution in [0.2, 0.25) is 0 Å². The average molecular weight is 295 g/mol. The van der Waals surface area contributed by atoms with Crippen molar-refractivity contribution in [3.05, 3.63) is 59.7 Å². The first-order valence-corrected chi connectivity index (χ1v) is 6.75. The van der Waals surface area contributed by atoms with Gasteiger partial charge in [0.25, 0.3) is 5.91 Å². The van der Waals surface area contributed by atoms with Gasteiger partial charge in [-0.25, -0.2) is 10.3 Å². The second-order valence-corrected chi connectivity index (χ2v) is 4.85. The minimum Gasteiger partial charge on any atom is -0.404 e. The van der Waals surface area contributed by atoms with E-state index in [0.717, 1.165) is 5.56 Å². The molecular formula is C16H15N4O2+. The Bertz CT molecular complexity index is 817. The molecule has 0 bridgehead atoms. The van der Waals surface area contributed by atoms with Gasteiger partial charge in [-0.3, -0.25) is 4.79 Å². The fourth-order valence-corrected chi connectivity index (χ4v) is 1.97. The van der Waals surface area contributed by atoms with Crippen molar-refractivity contribution in [2.24, 2.45) is 5.73 Å². The largest absolute Gasteiger partial charge is 0.406 e. The molecule has 4 N–H and O–H groups in total. The number of amides is 1. The third-order valence-corrected chi connectivity index (χ3v) is 3.10. The highest BCUT2D eigenvalue weighted by Gasteiger charge is 2.13. The second kappa shape index (κ2) is 5.69. The Morgan fingerprint density at radius 2 is 1.91 bits per heavy atom. The van der Waals surface area contributed by atoms with Crippen LogP contribution in [0.15, 0.2) is 52.9 Å². The van der Waals surface area contributed by atoms with Crippen molar-refractivity contribution in [3.63, 3.8) is 0 Å². The molecule has 0 unspecified atom stereocenters. The van der Waals surface area contributed by atoms with Crippen molar-refractivity contribution in [2.75, 3.05) is 0 Å². The Labute approximate surface area is 126 Å². The van der Waals surface area contributed by atoms with Gasteiger partial charge in [0.2, 0.25) is 0 Å². The maximum Gasteiger partial charge on any atom is 0.406 e. The maximum absolute atomic E-state index is 12.0. The Balaban J connectivity index is 1.76. The van der Waals surface area contributed by atoms with E-state index in [1.807, 2.05) is 37.3 Å².